The van der Waals surface area contributed by atoms with E-state index in [1.807, 2.05) is 0 Å². The van der Waals surface area contributed by atoms with E-state index in [0.29, 0.717) is 0 Å². The third kappa shape index (κ3) is 0.883. The zero-order valence-corrected chi connectivity index (χ0v) is 7.19. The van der Waals surface area contributed by atoms with E-state index in [2.05, 4.69) is 30.5 Å². The first-order valence-electron chi connectivity index (χ1n) is 3.71. The minimum Gasteiger partial charge on any atom is -0.198 e. The molecule has 11 heavy (non-hydrogen) atoms. The van der Waals surface area contributed by atoms with Crippen LogP contribution in [0.5, 0.6) is 0 Å². The van der Waals surface area contributed by atoms with Crippen molar-refractivity contribution in [1.29, 1.82) is 5.26 Å². The molecule has 1 aliphatic carbocycles. The molecule has 1 aromatic heterocycles. The monoisotopic (exact) mass is 163 g/mol. The second-order valence-electron chi connectivity index (χ2n) is 3.28. The Hall–Kier alpha value is -0.810. The fourth-order valence-electron chi connectivity index (χ4n) is 1.43. The van der Waals surface area contributed by atoms with Crippen LogP contribution in [0.3, 0.4) is 0 Å². The SMILES string of the molecule is CC1(c2cccs2)CC1C#N. The van der Waals surface area contributed by atoms with Crippen LogP contribution in [-0.2, 0) is 5.41 Å². The minimum absolute atomic E-state index is 0.197. The van der Waals surface area contributed by atoms with Crippen molar-refractivity contribution in [2.75, 3.05) is 0 Å². The van der Waals surface area contributed by atoms with E-state index in [9.17, 15) is 0 Å². The van der Waals surface area contributed by atoms with Gasteiger partial charge in [0.05, 0.1) is 12.0 Å². The molecule has 1 heterocycles. The Bertz CT molecular complexity index is 296. The molecule has 1 aliphatic rings. The third-order valence-corrected chi connectivity index (χ3v) is 3.63. The Morgan fingerprint density at radius 2 is 2.64 bits per heavy atom. The quantitative estimate of drug-likeness (QED) is 0.624. The summed E-state index contributed by atoms with van der Waals surface area (Å²) in [7, 11) is 0. The molecule has 0 radical (unpaired) electrons. The average Bonchev–Trinajstić information content (AvgIpc) is 2.55. The third-order valence-electron chi connectivity index (χ3n) is 2.48. The fraction of sp³-hybridized carbons (Fsp3) is 0.444. The molecule has 1 fully saturated rings. The van der Waals surface area contributed by atoms with Gasteiger partial charge in [-0.25, -0.2) is 0 Å². The standard InChI is InChI=1S/C9H9NS/c1-9(5-7(9)6-10)8-3-2-4-11-8/h2-4,7H,5H2,1H3. The molecule has 0 bridgehead atoms. The summed E-state index contributed by atoms with van der Waals surface area (Å²) in [5.41, 5.74) is 0.197. The molecule has 1 aromatic rings. The lowest BCUT2D eigenvalue weighted by Crippen LogP contribution is -1.99. The largest absolute Gasteiger partial charge is 0.198 e. The molecule has 0 spiro atoms. The molecule has 2 unspecified atom stereocenters. The summed E-state index contributed by atoms with van der Waals surface area (Å²) in [6, 6.07) is 6.51. The summed E-state index contributed by atoms with van der Waals surface area (Å²) in [5, 5.41) is 10.8. The maximum atomic E-state index is 8.70. The van der Waals surface area contributed by atoms with Crippen LogP contribution in [0.25, 0.3) is 0 Å². The van der Waals surface area contributed by atoms with E-state index >= 15 is 0 Å². The molecule has 0 amide bonds. The summed E-state index contributed by atoms with van der Waals surface area (Å²) >= 11 is 1.76. The normalized spacial score (nSPS) is 34.7. The van der Waals surface area contributed by atoms with Gasteiger partial charge < -0.3 is 0 Å². The number of rotatable bonds is 1. The molecule has 2 heteroatoms. The van der Waals surface area contributed by atoms with Gasteiger partial charge in [-0.15, -0.1) is 11.3 Å². The van der Waals surface area contributed by atoms with Crippen LogP contribution in [0, 0.1) is 17.2 Å². The average molecular weight is 163 g/mol. The van der Waals surface area contributed by atoms with Crippen LogP contribution in [0.1, 0.15) is 18.2 Å². The van der Waals surface area contributed by atoms with Gasteiger partial charge in [-0.3, -0.25) is 0 Å². The van der Waals surface area contributed by atoms with Crippen LogP contribution >= 0.6 is 11.3 Å². The van der Waals surface area contributed by atoms with Crippen molar-refractivity contribution in [2.45, 2.75) is 18.8 Å². The van der Waals surface area contributed by atoms with Crippen molar-refractivity contribution in [3.8, 4) is 6.07 Å². The highest BCUT2D eigenvalue weighted by Gasteiger charge is 2.52. The summed E-state index contributed by atoms with van der Waals surface area (Å²) in [6.07, 6.45) is 1.05. The molecule has 0 saturated heterocycles. The first-order chi connectivity index (χ1) is 5.27. The van der Waals surface area contributed by atoms with Crippen molar-refractivity contribution < 1.29 is 0 Å². The number of hydrogen-bond acceptors (Lipinski definition) is 2. The Balaban J connectivity index is 2.28. The van der Waals surface area contributed by atoms with Crippen molar-refractivity contribution in [2.24, 2.45) is 5.92 Å². The highest BCUT2D eigenvalue weighted by Crippen LogP contribution is 2.54. The molecule has 1 nitrogen and oxygen atoms in total. The predicted molar refractivity (Wildman–Crippen MR) is 45.4 cm³/mol. The van der Waals surface area contributed by atoms with Crippen LogP contribution < -0.4 is 0 Å². The molecule has 0 N–H and O–H groups in total. The Morgan fingerprint density at radius 1 is 1.82 bits per heavy atom. The van der Waals surface area contributed by atoms with Crippen molar-refractivity contribution in [3.05, 3.63) is 22.4 Å². The summed E-state index contributed by atoms with van der Waals surface area (Å²) in [6.45, 7) is 2.17. The van der Waals surface area contributed by atoms with Gasteiger partial charge in [0.1, 0.15) is 0 Å². The van der Waals surface area contributed by atoms with Gasteiger partial charge in [0.25, 0.3) is 0 Å². The number of nitrogens with zero attached hydrogens (tertiary/aromatic N) is 1. The van der Waals surface area contributed by atoms with E-state index in [0.717, 1.165) is 6.42 Å². The Kier molecular flexibility index (Phi) is 1.30. The molecule has 56 valence electrons. The van der Waals surface area contributed by atoms with E-state index in [4.69, 9.17) is 5.26 Å². The van der Waals surface area contributed by atoms with Crippen molar-refractivity contribution in [1.82, 2.24) is 0 Å². The first-order valence-corrected chi connectivity index (χ1v) is 4.59. The zero-order chi connectivity index (χ0) is 7.90. The molecule has 0 aromatic carbocycles. The van der Waals surface area contributed by atoms with Gasteiger partial charge in [0.15, 0.2) is 0 Å². The zero-order valence-electron chi connectivity index (χ0n) is 6.37. The van der Waals surface area contributed by atoms with Crippen LogP contribution in [0.15, 0.2) is 17.5 Å². The lowest BCUT2D eigenvalue weighted by molar-refractivity contribution is 0.760. The highest BCUT2D eigenvalue weighted by molar-refractivity contribution is 7.10. The van der Waals surface area contributed by atoms with Gasteiger partial charge in [-0.05, 0) is 17.9 Å². The highest BCUT2D eigenvalue weighted by atomic mass is 32.1. The Morgan fingerprint density at radius 3 is 3.09 bits per heavy atom. The second kappa shape index (κ2) is 2.09. The lowest BCUT2D eigenvalue weighted by atomic mass is 10.1. The maximum Gasteiger partial charge on any atom is 0.0665 e. The predicted octanol–water partition coefficient (Wildman–Crippen LogP) is 2.55. The summed E-state index contributed by atoms with van der Waals surface area (Å²) < 4.78 is 0. The molecule has 2 atom stereocenters. The van der Waals surface area contributed by atoms with E-state index in [1.54, 1.807) is 11.3 Å². The molecule has 2 rings (SSSR count). The number of thiophene rings is 1. The smallest absolute Gasteiger partial charge is 0.0665 e. The Labute approximate surface area is 70.3 Å². The van der Waals surface area contributed by atoms with E-state index < -0.39 is 0 Å². The summed E-state index contributed by atoms with van der Waals surface area (Å²) in [5.74, 6) is 0.265. The maximum absolute atomic E-state index is 8.70. The first kappa shape index (κ1) is 6.87. The van der Waals surface area contributed by atoms with Gasteiger partial charge in [0, 0.05) is 10.3 Å². The van der Waals surface area contributed by atoms with Crippen molar-refractivity contribution >= 4 is 11.3 Å². The van der Waals surface area contributed by atoms with Gasteiger partial charge >= 0.3 is 0 Å². The van der Waals surface area contributed by atoms with Crippen molar-refractivity contribution in [3.63, 3.8) is 0 Å². The molecular weight excluding hydrogens is 154 g/mol. The van der Waals surface area contributed by atoms with Crippen LogP contribution in [-0.4, -0.2) is 0 Å². The van der Waals surface area contributed by atoms with Crippen LogP contribution in [0.4, 0.5) is 0 Å². The van der Waals surface area contributed by atoms with Gasteiger partial charge in [-0.2, -0.15) is 5.26 Å². The fourth-order valence-corrected chi connectivity index (χ4v) is 2.38. The molecule has 0 aliphatic heterocycles. The van der Waals surface area contributed by atoms with Crippen LogP contribution in [0.2, 0.25) is 0 Å². The minimum atomic E-state index is 0.197. The summed E-state index contributed by atoms with van der Waals surface area (Å²) in [4.78, 5) is 1.36. The van der Waals surface area contributed by atoms with E-state index in [-0.39, 0.29) is 11.3 Å². The topological polar surface area (TPSA) is 23.8 Å². The van der Waals surface area contributed by atoms with Gasteiger partial charge in [0.2, 0.25) is 0 Å². The van der Waals surface area contributed by atoms with Gasteiger partial charge in [-0.1, -0.05) is 13.0 Å². The lowest BCUT2D eigenvalue weighted by Gasteiger charge is -2.02. The second-order valence-corrected chi connectivity index (χ2v) is 4.23. The molecule has 1 saturated carbocycles. The van der Waals surface area contributed by atoms with E-state index in [1.165, 1.54) is 4.88 Å². The molecular formula is C9H9NS. The number of nitriles is 1. The number of hydrogen-bond donors (Lipinski definition) is 0.